The van der Waals surface area contributed by atoms with Crippen LogP contribution in [0.15, 0.2) is 0 Å². The number of carboxylic acids is 1. The number of morpholine rings is 1. The van der Waals surface area contributed by atoms with Crippen LogP contribution >= 0.6 is 0 Å². The predicted molar refractivity (Wildman–Crippen MR) is 68.2 cm³/mol. The summed E-state index contributed by atoms with van der Waals surface area (Å²) in [5.41, 5.74) is 1.82. The van der Waals surface area contributed by atoms with Crippen LogP contribution in [0.5, 0.6) is 0 Å². The molecule has 7 heteroatoms. The highest BCUT2D eigenvalue weighted by molar-refractivity contribution is 5.73. The van der Waals surface area contributed by atoms with Gasteiger partial charge in [-0.2, -0.15) is 5.10 Å². The van der Waals surface area contributed by atoms with E-state index < -0.39 is 12.1 Å². The lowest BCUT2D eigenvalue weighted by molar-refractivity contribution is -0.150. The maximum absolute atomic E-state index is 10.9. The van der Waals surface area contributed by atoms with Gasteiger partial charge in [0.25, 0.3) is 0 Å². The minimum absolute atomic E-state index is 0.256. The van der Waals surface area contributed by atoms with E-state index in [4.69, 9.17) is 9.84 Å². The Balaban J connectivity index is 2.19. The van der Waals surface area contributed by atoms with Gasteiger partial charge in [0.2, 0.25) is 5.95 Å². The van der Waals surface area contributed by atoms with Crippen LogP contribution in [0.3, 0.4) is 0 Å². The molecule has 0 saturated carbocycles. The zero-order valence-corrected chi connectivity index (χ0v) is 11.2. The lowest BCUT2D eigenvalue weighted by Gasteiger charge is -2.30. The Morgan fingerprint density at radius 1 is 1.37 bits per heavy atom. The molecule has 1 N–H and O–H groups in total. The van der Waals surface area contributed by atoms with Crippen molar-refractivity contribution in [3.8, 4) is 0 Å². The summed E-state index contributed by atoms with van der Waals surface area (Å²) in [6.07, 6.45) is 0.760. The van der Waals surface area contributed by atoms with Crippen LogP contribution in [-0.2, 0) is 22.4 Å². The predicted octanol–water partition coefficient (Wildman–Crippen LogP) is 0.286. The Labute approximate surface area is 111 Å². The second-order valence-electron chi connectivity index (χ2n) is 4.36. The minimum atomic E-state index is -0.960. The van der Waals surface area contributed by atoms with Crippen molar-refractivity contribution in [2.75, 3.05) is 24.6 Å². The van der Waals surface area contributed by atoms with Gasteiger partial charge in [-0.25, -0.2) is 9.78 Å². The van der Waals surface area contributed by atoms with Crippen LogP contribution in [0.25, 0.3) is 0 Å². The third-order valence-corrected chi connectivity index (χ3v) is 3.12. The summed E-state index contributed by atoms with van der Waals surface area (Å²) < 4.78 is 5.18. The number of hydrogen-bond donors (Lipinski definition) is 1. The summed E-state index contributed by atoms with van der Waals surface area (Å²) in [4.78, 5) is 17.2. The van der Waals surface area contributed by atoms with E-state index in [9.17, 15) is 4.79 Å². The molecular weight excluding hydrogens is 248 g/mol. The Kier molecular flexibility index (Phi) is 4.26. The summed E-state index contributed by atoms with van der Waals surface area (Å²) in [6.45, 7) is 5.23. The van der Waals surface area contributed by atoms with Crippen LogP contribution in [0, 0.1) is 0 Å². The summed E-state index contributed by atoms with van der Waals surface area (Å²) in [7, 11) is 0. The van der Waals surface area contributed by atoms with E-state index in [2.05, 4.69) is 15.2 Å². The first kappa shape index (κ1) is 13.7. The fourth-order valence-corrected chi connectivity index (χ4v) is 2.04. The van der Waals surface area contributed by atoms with Crippen molar-refractivity contribution >= 4 is 11.9 Å². The SMILES string of the molecule is CCc1nnc(N2CCOC(C(=O)O)C2)nc1CC. The van der Waals surface area contributed by atoms with E-state index in [0.717, 1.165) is 24.2 Å². The molecule has 0 radical (unpaired) electrons. The Bertz CT molecular complexity index is 466. The highest BCUT2D eigenvalue weighted by Gasteiger charge is 2.28. The average molecular weight is 266 g/mol. The molecule has 1 aromatic heterocycles. The van der Waals surface area contributed by atoms with Crippen molar-refractivity contribution in [1.82, 2.24) is 15.2 Å². The molecule has 2 rings (SSSR count). The van der Waals surface area contributed by atoms with Crippen molar-refractivity contribution in [2.45, 2.75) is 32.8 Å². The molecule has 1 atom stereocenters. The largest absolute Gasteiger partial charge is 0.479 e. The number of ether oxygens (including phenoxy) is 1. The van der Waals surface area contributed by atoms with Gasteiger partial charge in [-0.1, -0.05) is 13.8 Å². The average Bonchev–Trinajstić information content (AvgIpc) is 2.46. The number of aliphatic carboxylic acids is 1. The fourth-order valence-electron chi connectivity index (χ4n) is 2.04. The molecule has 0 bridgehead atoms. The molecule has 0 spiro atoms. The molecule has 1 fully saturated rings. The summed E-state index contributed by atoms with van der Waals surface area (Å²) in [6, 6.07) is 0. The van der Waals surface area contributed by atoms with Crippen LogP contribution in [0.2, 0.25) is 0 Å². The molecule has 19 heavy (non-hydrogen) atoms. The van der Waals surface area contributed by atoms with E-state index in [-0.39, 0.29) is 6.54 Å². The normalized spacial score (nSPS) is 19.5. The van der Waals surface area contributed by atoms with Gasteiger partial charge in [0.1, 0.15) is 0 Å². The third-order valence-electron chi connectivity index (χ3n) is 3.12. The van der Waals surface area contributed by atoms with E-state index >= 15 is 0 Å². The number of aromatic nitrogens is 3. The number of anilines is 1. The first-order valence-electron chi connectivity index (χ1n) is 6.47. The number of hydrogen-bond acceptors (Lipinski definition) is 6. The number of aryl methyl sites for hydroxylation is 2. The molecule has 0 amide bonds. The van der Waals surface area contributed by atoms with Gasteiger partial charge in [-0.3, -0.25) is 0 Å². The van der Waals surface area contributed by atoms with Gasteiger partial charge in [0, 0.05) is 6.54 Å². The molecule has 1 aliphatic heterocycles. The molecule has 7 nitrogen and oxygen atoms in total. The lowest BCUT2D eigenvalue weighted by Crippen LogP contribution is -2.47. The van der Waals surface area contributed by atoms with Crippen molar-refractivity contribution in [1.29, 1.82) is 0 Å². The molecule has 1 unspecified atom stereocenters. The molecule has 0 aromatic carbocycles. The van der Waals surface area contributed by atoms with Gasteiger partial charge in [0.15, 0.2) is 6.10 Å². The quantitative estimate of drug-likeness (QED) is 0.837. The van der Waals surface area contributed by atoms with E-state index in [1.165, 1.54) is 0 Å². The molecule has 0 aliphatic carbocycles. The fraction of sp³-hybridized carbons (Fsp3) is 0.667. The van der Waals surface area contributed by atoms with Gasteiger partial charge in [-0.05, 0) is 12.8 Å². The third kappa shape index (κ3) is 2.98. The molecule has 1 aliphatic rings. The Morgan fingerprint density at radius 3 is 2.74 bits per heavy atom. The van der Waals surface area contributed by atoms with Crippen LogP contribution < -0.4 is 4.90 Å². The summed E-state index contributed by atoms with van der Waals surface area (Å²) in [5.74, 6) is -0.470. The Hall–Kier alpha value is -1.76. The first-order valence-corrected chi connectivity index (χ1v) is 6.47. The molecular formula is C12H18N4O3. The van der Waals surface area contributed by atoms with Crippen molar-refractivity contribution in [3.05, 3.63) is 11.4 Å². The number of nitrogens with zero attached hydrogens (tertiary/aromatic N) is 4. The van der Waals surface area contributed by atoms with E-state index in [1.54, 1.807) is 0 Å². The monoisotopic (exact) mass is 266 g/mol. The van der Waals surface area contributed by atoms with Gasteiger partial charge < -0.3 is 14.7 Å². The molecule has 104 valence electrons. The Morgan fingerprint density at radius 2 is 2.11 bits per heavy atom. The van der Waals surface area contributed by atoms with Crippen molar-refractivity contribution in [3.63, 3.8) is 0 Å². The lowest BCUT2D eigenvalue weighted by atomic mass is 10.2. The summed E-state index contributed by atoms with van der Waals surface area (Å²) >= 11 is 0. The standard InChI is InChI=1S/C12H18N4O3/c1-3-8-9(4-2)14-15-12(13-8)16-5-6-19-10(7-16)11(17)18/h10H,3-7H2,1-2H3,(H,17,18). The summed E-state index contributed by atoms with van der Waals surface area (Å²) in [5, 5.41) is 17.2. The smallest absolute Gasteiger partial charge is 0.334 e. The van der Waals surface area contributed by atoms with Gasteiger partial charge in [0.05, 0.1) is 24.5 Å². The minimum Gasteiger partial charge on any atom is -0.479 e. The zero-order chi connectivity index (χ0) is 13.8. The molecule has 1 aromatic rings. The van der Waals surface area contributed by atoms with E-state index in [1.807, 2.05) is 18.7 Å². The van der Waals surface area contributed by atoms with Gasteiger partial charge >= 0.3 is 5.97 Å². The number of carboxylic acid groups (broad SMARTS) is 1. The van der Waals surface area contributed by atoms with Gasteiger partial charge in [-0.15, -0.1) is 5.10 Å². The molecule has 2 heterocycles. The van der Waals surface area contributed by atoms with Crippen molar-refractivity contribution in [2.24, 2.45) is 0 Å². The number of carbonyl (C=O) groups is 1. The number of rotatable bonds is 4. The highest BCUT2D eigenvalue weighted by Crippen LogP contribution is 2.14. The van der Waals surface area contributed by atoms with E-state index in [0.29, 0.717) is 19.1 Å². The maximum Gasteiger partial charge on any atom is 0.334 e. The van der Waals surface area contributed by atoms with Crippen LogP contribution in [0.4, 0.5) is 5.95 Å². The second-order valence-corrected chi connectivity index (χ2v) is 4.36. The van der Waals surface area contributed by atoms with Crippen LogP contribution in [-0.4, -0.2) is 52.1 Å². The second kappa shape index (κ2) is 5.92. The maximum atomic E-state index is 10.9. The van der Waals surface area contributed by atoms with Crippen LogP contribution in [0.1, 0.15) is 25.2 Å². The topological polar surface area (TPSA) is 88.4 Å². The highest BCUT2D eigenvalue weighted by atomic mass is 16.5. The zero-order valence-electron chi connectivity index (χ0n) is 11.2. The van der Waals surface area contributed by atoms with Crippen molar-refractivity contribution < 1.29 is 14.6 Å². The first-order chi connectivity index (χ1) is 9.15. The molecule has 1 saturated heterocycles.